The first-order valence-corrected chi connectivity index (χ1v) is 7.82. The van der Waals surface area contributed by atoms with Gasteiger partial charge in [-0.1, -0.05) is 23.4 Å². The smallest absolute Gasteiger partial charge is 0.226 e. The molecule has 0 saturated carbocycles. The van der Waals surface area contributed by atoms with Crippen molar-refractivity contribution in [2.75, 3.05) is 7.11 Å². The van der Waals surface area contributed by atoms with Gasteiger partial charge >= 0.3 is 0 Å². The van der Waals surface area contributed by atoms with Gasteiger partial charge in [0.2, 0.25) is 5.91 Å². The van der Waals surface area contributed by atoms with E-state index in [2.05, 4.69) is 16.5 Å². The first-order valence-electron chi connectivity index (χ1n) is 7.82. The zero-order valence-corrected chi connectivity index (χ0v) is 14.1. The summed E-state index contributed by atoms with van der Waals surface area (Å²) >= 11 is 0. The van der Waals surface area contributed by atoms with Gasteiger partial charge in [0.1, 0.15) is 11.4 Å². The van der Waals surface area contributed by atoms with Crippen molar-refractivity contribution in [3.63, 3.8) is 0 Å². The van der Waals surface area contributed by atoms with Gasteiger partial charge in [0.15, 0.2) is 5.58 Å². The number of aromatic nitrogens is 1. The molecule has 24 heavy (non-hydrogen) atoms. The minimum absolute atomic E-state index is 0.0824. The highest BCUT2D eigenvalue weighted by Gasteiger charge is 2.14. The molecule has 0 aliphatic heterocycles. The van der Waals surface area contributed by atoms with Crippen LogP contribution in [0.1, 0.15) is 22.4 Å². The van der Waals surface area contributed by atoms with Gasteiger partial charge in [-0.25, -0.2) is 0 Å². The number of fused-ring (bicyclic) bond motifs is 1. The molecule has 0 aliphatic carbocycles. The molecule has 2 aromatic carbocycles. The summed E-state index contributed by atoms with van der Waals surface area (Å²) in [5.41, 5.74) is 4.61. The van der Waals surface area contributed by atoms with E-state index in [9.17, 15) is 4.79 Å². The molecule has 0 bridgehead atoms. The average Bonchev–Trinajstić information content (AvgIpc) is 2.96. The Morgan fingerprint density at radius 3 is 2.67 bits per heavy atom. The van der Waals surface area contributed by atoms with Crippen LogP contribution in [0.2, 0.25) is 0 Å². The summed E-state index contributed by atoms with van der Waals surface area (Å²) in [6.45, 7) is 4.48. The molecule has 1 amide bonds. The first-order chi connectivity index (χ1) is 11.6. The lowest BCUT2D eigenvalue weighted by Crippen LogP contribution is -2.24. The van der Waals surface area contributed by atoms with Crippen LogP contribution in [0.25, 0.3) is 11.0 Å². The first kappa shape index (κ1) is 16.1. The number of benzene rings is 2. The van der Waals surface area contributed by atoms with Gasteiger partial charge in [0.05, 0.1) is 13.5 Å². The molecule has 1 heterocycles. The maximum atomic E-state index is 12.2. The Kier molecular flexibility index (Phi) is 4.51. The minimum Gasteiger partial charge on any atom is -0.497 e. The van der Waals surface area contributed by atoms with Crippen LogP contribution in [-0.2, 0) is 17.8 Å². The normalized spacial score (nSPS) is 10.8. The lowest BCUT2D eigenvalue weighted by molar-refractivity contribution is -0.120. The van der Waals surface area contributed by atoms with E-state index in [1.54, 1.807) is 7.11 Å². The van der Waals surface area contributed by atoms with Crippen molar-refractivity contribution in [2.45, 2.75) is 26.8 Å². The highest BCUT2D eigenvalue weighted by atomic mass is 16.5. The monoisotopic (exact) mass is 324 g/mol. The molecule has 0 unspecified atom stereocenters. The summed E-state index contributed by atoms with van der Waals surface area (Å²) in [5.74, 6) is 0.714. The van der Waals surface area contributed by atoms with Crippen LogP contribution in [0.15, 0.2) is 40.9 Å². The molecule has 3 rings (SSSR count). The van der Waals surface area contributed by atoms with Gasteiger partial charge in [0, 0.05) is 11.9 Å². The third-order valence-corrected chi connectivity index (χ3v) is 3.96. The SMILES string of the molecule is COc1ccc(CNC(=O)Cc2noc3cc(C)cc(C)c23)cc1. The zero-order chi connectivity index (χ0) is 17.1. The Bertz CT molecular complexity index is 866. The highest BCUT2D eigenvalue weighted by Crippen LogP contribution is 2.24. The Morgan fingerprint density at radius 1 is 1.21 bits per heavy atom. The summed E-state index contributed by atoms with van der Waals surface area (Å²) in [7, 11) is 1.63. The summed E-state index contributed by atoms with van der Waals surface area (Å²) < 4.78 is 10.5. The summed E-state index contributed by atoms with van der Waals surface area (Å²) in [6, 6.07) is 11.6. The second-order valence-corrected chi connectivity index (χ2v) is 5.89. The Morgan fingerprint density at radius 2 is 1.96 bits per heavy atom. The number of amides is 1. The summed E-state index contributed by atoms with van der Waals surface area (Å²) in [5, 5.41) is 7.90. The van der Waals surface area contributed by atoms with E-state index < -0.39 is 0 Å². The van der Waals surface area contributed by atoms with Gasteiger partial charge in [0.25, 0.3) is 0 Å². The predicted octanol–water partition coefficient (Wildman–Crippen LogP) is 3.31. The van der Waals surface area contributed by atoms with Crippen molar-refractivity contribution >= 4 is 16.9 Å². The number of carbonyl (C=O) groups is 1. The average molecular weight is 324 g/mol. The van der Waals surface area contributed by atoms with Crippen LogP contribution < -0.4 is 10.1 Å². The van der Waals surface area contributed by atoms with E-state index in [0.29, 0.717) is 12.2 Å². The fourth-order valence-electron chi connectivity index (χ4n) is 2.80. The van der Waals surface area contributed by atoms with E-state index in [0.717, 1.165) is 33.4 Å². The van der Waals surface area contributed by atoms with Crippen LogP contribution in [0, 0.1) is 13.8 Å². The minimum atomic E-state index is -0.0824. The molecular weight excluding hydrogens is 304 g/mol. The molecule has 5 nitrogen and oxygen atoms in total. The number of hydrogen-bond donors (Lipinski definition) is 1. The molecular formula is C19H20N2O3. The van der Waals surface area contributed by atoms with E-state index in [1.807, 2.05) is 44.2 Å². The van der Waals surface area contributed by atoms with E-state index in [-0.39, 0.29) is 12.3 Å². The van der Waals surface area contributed by atoms with Gasteiger partial charge in [-0.15, -0.1) is 0 Å². The standard InChI is InChI=1S/C19H20N2O3/c1-12-8-13(2)19-16(21-24-17(19)9-12)10-18(22)20-11-14-4-6-15(23-3)7-5-14/h4-9H,10-11H2,1-3H3,(H,20,22). The van der Waals surface area contributed by atoms with Gasteiger partial charge in [-0.3, -0.25) is 4.79 Å². The molecule has 5 heteroatoms. The highest BCUT2D eigenvalue weighted by molar-refractivity contribution is 5.88. The van der Waals surface area contributed by atoms with Gasteiger partial charge < -0.3 is 14.6 Å². The van der Waals surface area contributed by atoms with Crippen molar-refractivity contribution in [2.24, 2.45) is 0 Å². The van der Waals surface area contributed by atoms with Crippen molar-refractivity contribution in [3.8, 4) is 5.75 Å². The third kappa shape index (κ3) is 3.40. The Hall–Kier alpha value is -2.82. The van der Waals surface area contributed by atoms with Crippen LogP contribution in [0.5, 0.6) is 5.75 Å². The molecule has 3 aromatic rings. The molecule has 1 N–H and O–H groups in total. The van der Waals surface area contributed by atoms with Crippen molar-refractivity contribution < 1.29 is 14.1 Å². The maximum absolute atomic E-state index is 12.2. The molecule has 0 saturated heterocycles. The second-order valence-electron chi connectivity index (χ2n) is 5.89. The number of nitrogens with zero attached hydrogens (tertiary/aromatic N) is 1. The number of rotatable bonds is 5. The van der Waals surface area contributed by atoms with Gasteiger partial charge in [-0.2, -0.15) is 0 Å². The van der Waals surface area contributed by atoms with E-state index >= 15 is 0 Å². The van der Waals surface area contributed by atoms with Gasteiger partial charge in [-0.05, 0) is 48.7 Å². The number of hydrogen-bond acceptors (Lipinski definition) is 4. The maximum Gasteiger partial charge on any atom is 0.226 e. The summed E-state index contributed by atoms with van der Waals surface area (Å²) in [4.78, 5) is 12.2. The Labute approximate surface area is 140 Å². The largest absolute Gasteiger partial charge is 0.497 e. The number of carbonyl (C=O) groups excluding carboxylic acids is 1. The number of nitrogens with one attached hydrogen (secondary N) is 1. The molecule has 0 atom stereocenters. The molecule has 0 aliphatic rings. The topological polar surface area (TPSA) is 64.4 Å². The molecule has 0 fully saturated rings. The Balaban J connectivity index is 1.66. The van der Waals surface area contributed by atoms with Crippen molar-refractivity contribution in [3.05, 3.63) is 58.8 Å². The van der Waals surface area contributed by atoms with Crippen molar-refractivity contribution in [1.82, 2.24) is 10.5 Å². The lowest BCUT2D eigenvalue weighted by Gasteiger charge is -2.06. The number of ether oxygens (including phenoxy) is 1. The van der Waals surface area contributed by atoms with Crippen LogP contribution >= 0.6 is 0 Å². The fraction of sp³-hybridized carbons (Fsp3) is 0.263. The van der Waals surface area contributed by atoms with Crippen LogP contribution in [-0.4, -0.2) is 18.2 Å². The third-order valence-electron chi connectivity index (χ3n) is 3.96. The summed E-state index contributed by atoms with van der Waals surface area (Å²) in [6.07, 6.45) is 0.201. The van der Waals surface area contributed by atoms with E-state index in [4.69, 9.17) is 9.26 Å². The van der Waals surface area contributed by atoms with Crippen LogP contribution in [0.3, 0.4) is 0 Å². The second kappa shape index (κ2) is 6.74. The zero-order valence-electron chi connectivity index (χ0n) is 14.1. The molecule has 124 valence electrons. The molecule has 0 spiro atoms. The number of aryl methyl sites for hydroxylation is 2. The number of methoxy groups -OCH3 is 1. The fourth-order valence-corrected chi connectivity index (χ4v) is 2.80. The predicted molar refractivity (Wildman–Crippen MR) is 92.0 cm³/mol. The van der Waals surface area contributed by atoms with Crippen LogP contribution in [0.4, 0.5) is 0 Å². The quantitative estimate of drug-likeness (QED) is 0.782. The van der Waals surface area contributed by atoms with E-state index in [1.165, 1.54) is 0 Å². The lowest BCUT2D eigenvalue weighted by atomic mass is 10.0. The molecule has 0 radical (unpaired) electrons. The molecule has 1 aromatic heterocycles. The van der Waals surface area contributed by atoms with Crippen molar-refractivity contribution in [1.29, 1.82) is 0 Å².